The van der Waals surface area contributed by atoms with Gasteiger partial charge in [-0.05, 0) is 57.0 Å². The lowest BCUT2D eigenvalue weighted by molar-refractivity contribution is 0.0621. The molecule has 2 fully saturated rings. The third kappa shape index (κ3) is 3.03. The van der Waals surface area contributed by atoms with Crippen molar-refractivity contribution in [3.63, 3.8) is 0 Å². The van der Waals surface area contributed by atoms with Crippen LogP contribution in [0, 0.1) is 11.3 Å². The first-order valence-corrected chi connectivity index (χ1v) is 7.62. The van der Waals surface area contributed by atoms with Gasteiger partial charge in [0.2, 0.25) is 0 Å². The summed E-state index contributed by atoms with van der Waals surface area (Å²) in [7, 11) is 0. The van der Waals surface area contributed by atoms with Crippen LogP contribution in [0.3, 0.4) is 0 Å². The van der Waals surface area contributed by atoms with Gasteiger partial charge < -0.3 is 5.32 Å². The minimum Gasteiger partial charge on any atom is -0.316 e. The maximum atomic E-state index is 3.59. The molecule has 0 aliphatic carbocycles. The van der Waals surface area contributed by atoms with E-state index < -0.39 is 0 Å². The molecule has 17 heavy (non-hydrogen) atoms. The average Bonchev–Trinajstić information content (AvgIpc) is 2.74. The van der Waals surface area contributed by atoms with E-state index in [1.807, 2.05) is 0 Å². The Morgan fingerprint density at radius 3 is 2.82 bits per heavy atom. The van der Waals surface area contributed by atoms with Crippen LogP contribution in [-0.4, -0.2) is 37.1 Å². The molecule has 0 aromatic heterocycles. The van der Waals surface area contributed by atoms with E-state index in [9.17, 15) is 0 Å². The Balaban J connectivity index is 1.97. The summed E-state index contributed by atoms with van der Waals surface area (Å²) in [5, 5.41) is 3.59. The smallest absolute Gasteiger partial charge is 0.00928 e. The van der Waals surface area contributed by atoms with E-state index in [0.29, 0.717) is 5.41 Å². The third-order valence-electron chi connectivity index (χ3n) is 5.16. The van der Waals surface area contributed by atoms with E-state index >= 15 is 0 Å². The van der Waals surface area contributed by atoms with E-state index in [4.69, 9.17) is 0 Å². The van der Waals surface area contributed by atoms with Crippen molar-refractivity contribution in [1.29, 1.82) is 0 Å². The lowest BCUT2D eigenvalue weighted by Crippen LogP contribution is -2.48. The monoisotopic (exact) mass is 238 g/mol. The number of piperidine rings is 1. The van der Waals surface area contributed by atoms with Crippen molar-refractivity contribution in [3.05, 3.63) is 0 Å². The van der Waals surface area contributed by atoms with Gasteiger partial charge in [-0.3, -0.25) is 4.90 Å². The number of hydrogen-bond donors (Lipinski definition) is 1. The van der Waals surface area contributed by atoms with Gasteiger partial charge in [-0.1, -0.05) is 20.3 Å². The lowest BCUT2D eigenvalue weighted by atomic mass is 9.80. The first kappa shape index (κ1) is 13.4. The van der Waals surface area contributed by atoms with Gasteiger partial charge in [0.25, 0.3) is 0 Å². The number of nitrogens with zero attached hydrogens (tertiary/aromatic N) is 1. The fourth-order valence-corrected chi connectivity index (χ4v) is 3.83. The Labute approximate surface area is 107 Å². The molecule has 0 spiro atoms. The average molecular weight is 238 g/mol. The second kappa shape index (κ2) is 5.71. The van der Waals surface area contributed by atoms with Gasteiger partial charge >= 0.3 is 0 Å². The Bertz CT molecular complexity index is 233. The highest BCUT2D eigenvalue weighted by atomic mass is 15.2. The van der Waals surface area contributed by atoms with Crippen LogP contribution in [-0.2, 0) is 0 Å². The van der Waals surface area contributed by atoms with Gasteiger partial charge in [-0.2, -0.15) is 0 Å². The van der Waals surface area contributed by atoms with E-state index in [-0.39, 0.29) is 0 Å². The first-order valence-electron chi connectivity index (χ1n) is 7.62. The van der Waals surface area contributed by atoms with Crippen LogP contribution in [0.2, 0.25) is 0 Å². The molecule has 3 unspecified atom stereocenters. The summed E-state index contributed by atoms with van der Waals surface area (Å²) in [4.78, 5) is 2.77. The zero-order chi connectivity index (χ0) is 12.3. The zero-order valence-electron chi connectivity index (χ0n) is 12.0. The van der Waals surface area contributed by atoms with Crippen molar-refractivity contribution in [1.82, 2.24) is 10.2 Å². The Morgan fingerprint density at radius 1 is 1.35 bits per heavy atom. The Hall–Kier alpha value is -0.0800. The Kier molecular flexibility index (Phi) is 4.48. The first-order chi connectivity index (χ1) is 8.17. The largest absolute Gasteiger partial charge is 0.316 e. The van der Waals surface area contributed by atoms with Gasteiger partial charge in [-0.15, -0.1) is 0 Å². The maximum Gasteiger partial charge on any atom is 0.00928 e. The van der Waals surface area contributed by atoms with Gasteiger partial charge in [0, 0.05) is 19.1 Å². The minimum absolute atomic E-state index is 0.583. The number of hydrogen-bond acceptors (Lipinski definition) is 2. The van der Waals surface area contributed by atoms with Crippen LogP contribution in [0.5, 0.6) is 0 Å². The Morgan fingerprint density at radius 2 is 2.18 bits per heavy atom. The maximum absolute atomic E-state index is 3.59. The highest BCUT2D eigenvalue weighted by Crippen LogP contribution is 2.34. The normalized spacial score (nSPS) is 39.7. The van der Waals surface area contributed by atoms with Gasteiger partial charge in [0.05, 0.1) is 0 Å². The lowest BCUT2D eigenvalue weighted by Gasteiger charge is -2.43. The van der Waals surface area contributed by atoms with Crippen molar-refractivity contribution in [2.75, 3.05) is 26.2 Å². The van der Waals surface area contributed by atoms with Gasteiger partial charge in [0.1, 0.15) is 0 Å². The molecule has 2 nitrogen and oxygen atoms in total. The van der Waals surface area contributed by atoms with Crippen LogP contribution >= 0.6 is 0 Å². The summed E-state index contributed by atoms with van der Waals surface area (Å²) >= 11 is 0. The second-order valence-electron chi connectivity index (χ2n) is 6.51. The molecule has 1 N–H and O–H groups in total. The SMILES string of the molecule is CCCC1(CN2CCCC(C)C2C)CCNC1. The molecule has 0 bridgehead atoms. The standard InChI is InChI=1S/C15H30N2/c1-4-7-15(8-9-16-11-15)12-17-10-5-6-13(2)14(17)3/h13-14,16H,4-12H2,1-3H3. The van der Waals surface area contributed by atoms with Crippen LogP contribution < -0.4 is 5.32 Å². The molecule has 0 aromatic rings. The van der Waals surface area contributed by atoms with Crippen molar-refractivity contribution in [2.24, 2.45) is 11.3 Å². The van der Waals surface area contributed by atoms with Gasteiger partial charge in [-0.25, -0.2) is 0 Å². The van der Waals surface area contributed by atoms with E-state index in [1.54, 1.807) is 0 Å². The summed E-state index contributed by atoms with van der Waals surface area (Å²) in [6.45, 7) is 12.3. The molecule has 0 amide bonds. The summed E-state index contributed by atoms with van der Waals surface area (Å²) < 4.78 is 0. The quantitative estimate of drug-likeness (QED) is 0.810. The van der Waals surface area contributed by atoms with Crippen molar-refractivity contribution in [3.8, 4) is 0 Å². The number of rotatable bonds is 4. The van der Waals surface area contributed by atoms with Crippen LogP contribution in [0.15, 0.2) is 0 Å². The molecule has 2 aliphatic heterocycles. The predicted octanol–water partition coefficient (Wildman–Crippen LogP) is 2.89. The number of likely N-dealkylation sites (tertiary alicyclic amines) is 1. The molecule has 0 saturated carbocycles. The fraction of sp³-hybridized carbons (Fsp3) is 1.00. The minimum atomic E-state index is 0.583. The summed E-state index contributed by atoms with van der Waals surface area (Å²) in [6, 6.07) is 0.790. The molecule has 0 radical (unpaired) electrons. The summed E-state index contributed by atoms with van der Waals surface area (Å²) in [5.41, 5.74) is 0.583. The third-order valence-corrected chi connectivity index (χ3v) is 5.16. The van der Waals surface area contributed by atoms with Crippen LogP contribution in [0.25, 0.3) is 0 Å². The van der Waals surface area contributed by atoms with Crippen molar-refractivity contribution >= 4 is 0 Å². The van der Waals surface area contributed by atoms with E-state index in [1.165, 1.54) is 58.3 Å². The van der Waals surface area contributed by atoms with Crippen molar-refractivity contribution in [2.45, 2.75) is 58.9 Å². The molecule has 2 aliphatic rings. The topological polar surface area (TPSA) is 15.3 Å². The summed E-state index contributed by atoms with van der Waals surface area (Å²) in [5.74, 6) is 0.886. The highest BCUT2D eigenvalue weighted by Gasteiger charge is 2.37. The van der Waals surface area contributed by atoms with E-state index in [0.717, 1.165) is 12.0 Å². The fourth-order valence-electron chi connectivity index (χ4n) is 3.83. The zero-order valence-corrected chi connectivity index (χ0v) is 12.0. The molecular weight excluding hydrogens is 208 g/mol. The van der Waals surface area contributed by atoms with Crippen molar-refractivity contribution < 1.29 is 0 Å². The van der Waals surface area contributed by atoms with E-state index in [2.05, 4.69) is 31.0 Å². The van der Waals surface area contributed by atoms with Crippen LogP contribution in [0.1, 0.15) is 52.9 Å². The molecular formula is C15H30N2. The van der Waals surface area contributed by atoms with Gasteiger partial charge in [0.15, 0.2) is 0 Å². The molecule has 0 aromatic carbocycles. The predicted molar refractivity (Wildman–Crippen MR) is 74.3 cm³/mol. The molecule has 3 atom stereocenters. The highest BCUT2D eigenvalue weighted by molar-refractivity contribution is 4.92. The second-order valence-corrected chi connectivity index (χ2v) is 6.51. The summed E-state index contributed by atoms with van der Waals surface area (Å²) in [6.07, 6.45) is 6.95. The number of nitrogens with one attached hydrogen (secondary N) is 1. The molecule has 100 valence electrons. The molecule has 2 saturated heterocycles. The molecule has 2 rings (SSSR count). The van der Waals surface area contributed by atoms with Crippen LogP contribution in [0.4, 0.5) is 0 Å². The molecule has 2 heterocycles. The molecule has 2 heteroatoms.